The Morgan fingerprint density at radius 3 is 1.45 bits per heavy atom. The zero-order valence-electron chi connectivity index (χ0n) is 38.0. The van der Waals surface area contributed by atoms with Crippen molar-refractivity contribution in [3.63, 3.8) is 0 Å². The van der Waals surface area contributed by atoms with Gasteiger partial charge in [-0.05, 0) is 133 Å². The first-order valence-corrected chi connectivity index (χ1v) is 22.5. The van der Waals surface area contributed by atoms with Gasteiger partial charge in [0.25, 0.3) is 0 Å². The van der Waals surface area contributed by atoms with E-state index in [0.717, 1.165) is 71.5 Å². The Balaban J connectivity index is 0.000000187. The van der Waals surface area contributed by atoms with Gasteiger partial charge < -0.3 is 15.1 Å². The number of fused-ring (bicyclic) bond motifs is 6. The van der Waals surface area contributed by atoms with E-state index < -0.39 is 0 Å². The van der Waals surface area contributed by atoms with Gasteiger partial charge in [-0.15, -0.1) is 12.4 Å². The quantitative estimate of drug-likeness (QED) is 0.285. The number of nitrogens with one attached hydrogen (secondary N) is 1. The third-order valence-corrected chi connectivity index (χ3v) is 14.5. The van der Waals surface area contributed by atoms with Crippen LogP contribution >= 0.6 is 12.4 Å². The van der Waals surface area contributed by atoms with E-state index in [4.69, 9.17) is 0 Å². The van der Waals surface area contributed by atoms with E-state index in [1.807, 2.05) is 0 Å². The molecule has 2 atom stereocenters. The second-order valence-corrected chi connectivity index (χ2v) is 18.8. The van der Waals surface area contributed by atoms with E-state index in [0.29, 0.717) is 24.9 Å². The molecule has 6 aliphatic rings. The molecule has 60 heavy (non-hydrogen) atoms. The zero-order valence-corrected chi connectivity index (χ0v) is 38.8. The van der Waals surface area contributed by atoms with Crippen LogP contribution in [0.2, 0.25) is 0 Å². The Hall–Kier alpha value is -4.11. The number of urea groups is 2. The molecule has 0 bridgehead atoms. The minimum absolute atomic E-state index is 0. The average Bonchev–Trinajstić information content (AvgIpc) is 3.33. The number of carbonyl (C=O) groups excluding carboxylic acids is 2. The number of hydrogen-bond acceptors (Lipinski definition) is 4. The van der Waals surface area contributed by atoms with E-state index in [9.17, 15) is 9.59 Å². The molecule has 9 rings (SSSR count). The Morgan fingerprint density at radius 2 is 1.02 bits per heavy atom. The first kappa shape index (κ1) is 44.0. The van der Waals surface area contributed by atoms with Crippen LogP contribution in [0.25, 0.3) is 0 Å². The van der Waals surface area contributed by atoms with Crippen LogP contribution < -0.4 is 5.32 Å². The van der Waals surface area contributed by atoms with Gasteiger partial charge >= 0.3 is 12.1 Å². The number of amides is 4. The van der Waals surface area contributed by atoms with Crippen molar-refractivity contribution >= 4 is 24.5 Å². The minimum atomic E-state index is -0.176. The van der Waals surface area contributed by atoms with Crippen LogP contribution in [0.4, 0.5) is 9.59 Å². The molecule has 0 aromatic heterocycles. The molecule has 9 heteroatoms. The molecule has 322 valence electrons. The van der Waals surface area contributed by atoms with Gasteiger partial charge in [-0.1, -0.05) is 90.7 Å². The monoisotopic (exact) mass is 833 g/mol. The Morgan fingerprint density at radius 1 is 0.600 bits per heavy atom. The van der Waals surface area contributed by atoms with Crippen LogP contribution in [0.5, 0.6) is 0 Å². The molecule has 3 aromatic rings. The van der Waals surface area contributed by atoms with Crippen LogP contribution in [-0.2, 0) is 19.6 Å². The number of allylic oxidation sites excluding steroid dienone is 2. The van der Waals surface area contributed by atoms with E-state index in [-0.39, 0.29) is 35.5 Å². The highest BCUT2D eigenvalue weighted by molar-refractivity contribution is 5.85. The van der Waals surface area contributed by atoms with Crippen LogP contribution in [0.1, 0.15) is 126 Å². The maximum absolute atomic E-state index is 13.7. The van der Waals surface area contributed by atoms with Gasteiger partial charge in [0.05, 0.1) is 24.2 Å². The van der Waals surface area contributed by atoms with Gasteiger partial charge in [0, 0.05) is 56.0 Å². The normalized spacial score (nSPS) is 22.8. The van der Waals surface area contributed by atoms with E-state index in [1.165, 1.54) is 72.6 Å². The van der Waals surface area contributed by atoms with Gasteiger partial charge in [-0.3, -0.25) is 14.7 Å². The summed E-state index contributed by atoms with van der Waals surface area (Å²) < 4.78 is 0. The molecule has 0 aliphatic carbocycles. The Labute approximate surface area is 366 Å². The molecule has 4 fully saturated rings. The Bertz CT molecular complexity index is 2190. The molecule has 1 N–H and O–H groups in total. The molecule has 0 radical (unpaired) electrons. The second-order valence-electron chi connectivity index (χ2n) is 18.8. The van der Waals surface area contributed by atoms with Crippen molar-refractivity contribution in [1.82, 2.24) is 29.8 Å². The van der Waals surface area contributed by atoms with Crippen molar-refractivity contribution in [2.24, 2.45) is 0 Å². The Kier molecular flexibility index (Phi) is 12.4. The van der Waals surface area contributed by atoms with Gasteiger partial charge in [0.2, 0.25) is 0 Å². The maximum atomic E-state index is 13.7. The SMILES string of the molecule is CCN1C(=O)N2Cc3cc(C)cc(C)c3[C@@H](C)C=C2C12CCN(Cc1cc(C)cc(C)c1)CC2.CCN1C(=O)N2Cc3cc(C)cc(C)c3[C@@H](C)C=C2C12CCNCC2.Cl. The lowest BCUT2D eigenvalue weighted by molar-refractivity contribution is 0.0888. The summed E-state index contributed by atoms with van der Waals surface area (Å²) in [5, 5.41) is 3.47. The molecule has 8 nitrogen and oxygen atoms in total. The number of benzene rings is 3. The topological polar surface area (TPSA) is 62.4 Å². The van der Waals surface area contributed by atoms with Gasteiger partial charge in [-0.2, -0.15) is 0 Å². The van der Waals surface area contributed by atoms with Crippen molar-refractivity contribution < 1.29 is 9.59 Å². The number of carbonyl (C=O) groups is 2. The van der Waals surface area contributed by atoms with Crippen molar-refractivity contribution in [2.75, 3.05) is 39.3 Å². The summed E-state index contributed by atoms with van der Waals surface area (Å²) in [4.78, 5) is 38.0. The largest absolute Gasteiger partial charge is 0.325 e. The van der Waals surface area contributed by atoms with Crippen molar-refractivity contribution in [2.45, 2.75) is 137 Å². The summed E-state index contributed by atoms with van der Waals surface area (Å²) in [5.41, 5.74) is 17.0. The number of nitrogens with zero attached hydrogens (tertiary/aromatic N) is 5. The van der Waals surface area contributed by atoms with Crippen molar-refractivity contribution in [3.05, 3.63) is 127 Å². The predicted molar refractivity (Wildman–Crippen MR) is 247 cm³/mol. The van der Waals surface area contributed by atoms with E-state index in [1.54, 1.807) is 0 Å². The fourth-order valence-corrected chi connectivity index (χ4v) is 12.4. The summed E-state index contributed by atoms with van der Waals surface area (Å²) >= 11 is 0. The minimum Gasteiger partial charge on any atom is -0.317 e. The van der Waals surface area contributed by atoms with Crippen LogP contribution in [0.3, 0.4) is 0 Å². The first-order chi connectivity index (χ1) is 28.2. The third kappa shape index (κ3) is 7.49. The highest BCUT2D eigenvalue weighted by Gasteiger charge is 2.55. The number of halogens is 1. The number of piperidine rings is 2. The van der Waals surface area contributed by atoms with Crippen molar-refractivity contribution in [1.29, 1.82) is 0 Å². The fourth-order valence-electron chi connectivity index (χ4n) is 12.4. The second kappa shape index (κ2) is 17.0. The number of aryl methyl sites for hydroxylation is 6. The molecule has 0 saturated carbocycles. The molecule has 4 amide bonds. The standard InChI is InChI=1S/C30H39N3O.C21H29N3O.ClH/c1-7-33-29(34)32-19-26-16-22(4)13-23(5)28(26)24(6)17-27(32)30(33)8-10-31(11-9-30)18-25-14-20(2)12-21(3)15-25;1-5-24-20(25)23-13-17-11-14(2)10-15(3)19(17)16(4)12-18(23)21(24)6-8-22-9-7-21;/h12-17,24H,7-11,18-19H2,1-6H3;10-12,16,22H,5-9,13H2,1-4H3;1H/t24-;16-;/m00./s1. The van der Waals surface area contributed by atoms with Crippen LogP contribution in [0, 0.1) is 41.5 Å². The summed E-state index contributed by atoms with van der Waals surface area (Å²) in [5.74, 6) is 0.650. The zero-order chi connectivity index (χ0) is 42.0. The molecule has 6 aliphatic heterocycles. The lowest BCUT2D eigenvalue weighted by Crippen LogP contribution is -2.53. The summed E-state index contributed by atoms with van der Waals surface area (Å²) in [6, 6.07) is 16.4. The third-order valence-electron chi connectivity index (χ3n) is 14.5. The highest BCUT2D eigenvalue weighted by atomic mass is 35.5. The van der Waals surface area contributed by atoms with Gasteiger partial charge in [0.15, 0.2) is 0 Å². The molecular weight excluding hydrogens is 764 g/mol. The lowest BCUT2D eigenvalue weighted by Gasteiger charge is -2.44. The average molecular weight is 834 g/mol. The van der Waals surface area contributed by atoms with Gasteiger partial charge in [0.1, 0.15) is 0 Å². The fraction of sp³-hybridized carbons (Fsp3) is 0.529. The van der Waals surface area contributed by atoms with Gasteiger partial charge in [-0.25, -0.2) is 9.59 Å². The first-order valence-electron chi connectivity index (χ1n) is 22.5. The molecule has 2 spiro atoms. The molecule has 6 heterocycles. The van der Waals surface area contributed by atoms with E-state index in [2.05, 4.69) is 154 Å². The molecule has 3 aromatic carbocycles. The number of rotatable bonds is 4. The maximum Gasteiger partial charge on any atom is 0.325 e. The number of hydrogen-bond donors (Lipinski definition) is 1. The van der Waals surface area contributed by atoms with E-state index >= 15 is 0 Å². The lowest BCUT2D eigenvalue weighted by atomic mass is 9.81. The van der Waals surface area contributed by atoms with Crippen LogP contribution in [-0.4, -0.2) is 86.9 Å². The van der Waals surface area contributed by atoms with Crippen LogP contribution in [0.15, 0.2) is 66.0 Å². The molecular formula is C51H69ClN6O2. The molecule has 4 saturated heterocycles. The predicted octanol–water partition coefficient (Wildman–Crippen LogP) is 10.3. The summed E-state index contributed by atoms with van der Waals surface area (Å²) in [6.45, 7) is 29.9. The summed E-state index contributed by atoms with van der Waals surface area (Å²) in [6.07, 6.45) is 8.82. The number of likely N-dealkylation sites (tertiary alicyclic amines) is 1. The number of likely N-dealkylation sites (N-methyl/N-ethyl adjacent to an activating group) is 2. The smallest absolute Gasteiger partial charge is 0.317 e. The highest BCUT2D eigenvalue weighted by Crippen LogP contribution is 2.49. The molecule has 0 unspecified atom stereocenters. The summed E-state index contributed by atoms with van der Waals surface area (Å²) in [7, 11) is 0. The van der Waals surface area contributed by atoms with Crippen molar-refractivity contribution in [3.8, 4) is 0 Å².